The van der Waals surface area contributed by atoms with E-state index in [2.05, 4.69) is 16.1 Å². The number of benzene rings is 1. The van der Waals surface area contributed by atoms with Gasteiger partial charge in [-0.25, -0.2) is 13.1 Å². The number of hydrogen-bond donors (Lipinski definition) is 2. The predicted molar refractivity (Wildman–Crippen MR) is 105 cm³/mol. The van der Waals surface area contributed by atoms with Gasteiger partial charge in [-0.2, -0.15) is 11.8 Å². The average Bonchev–Trinajstić information content (AvgIpc) is 3.08. The number of sulfonamides is 1. The molecule has 0 saturated carbocycles. The molecule has 0 saturated heterocycles. The lowest BCUT2D eigenvalue weighted by Gasteiger charge is -2.08. The Labute approximate surface area is 161 Å². The quantitative estimate of drug-likeness (QED) is 0.581. The van der Waals surface area contributed by atoms with Crippen molar-refractivity contribution in [2.24, 2.45) is 0 Å². The van der Waals surface area contributed by atoms with Gasteiger partial charge in [0.2, 0.25) is 15.9 Å². The van der Waals surface area contributed by atoms with Crippen molar-refractivity contribution in [2.75, 3.05) is 18.8 Å². The number of rotatable bonds is 10. The molecule has 0 bridgehead atoms. The fourth-order valence-corrected chi connectivity index (χ4v) is 4.97. The first kappa shape index (κ1) is 20.3. The van der Waals surface area contributed by atoms with Crippen LogP contribution in [0.5, 0.6) is 0 Å². The molecular formula is C16H19ClN2O3S3. The summed E-state index contributed by atoms with van der Waals surface area (Å²) >= 11 is 9.26. The summed E-state index contributed by atoms with van der Waals surface area (Å²) in [5, 5.41) is 5.18. The molecule has 1 aromatic carbocycles. The Kier molecular flexibility index (Phi) is 8.25. The highest BCUT2D eigenvalue weighted by atomic mass is 35.5. The van der Waals surface area contributed by atoms with Crippen LogP contribution in [-0.4, -0.2) is 33.2 Å². The Bertz CT molecular complexity index is 780. The second-order valence-corrected chi connectivity index (χ2v) is 9.43. The van der Waals surface area contributed by atoms with Gasteiger partial charge in [-0.15, -0.1) is 11.3 Å². The maximum absolute atomic E-state index is 12.1. The third kappa shape index (κ3) is 7.37. The van der Waals surface area contributed by atoms with Crippen molar-refractivity contribution in [2.45, 2.75) is 17.1 Å². The number of carbonyl (C=O) groups is 1. The largest absolute Gasteiger partial charge is 0.355 e. The zero-order valence-corrected chi connectivity index (χ0v) is 16.6. The first-order valence-electron chi connectivity index (χ1n) is 7.59. The molecule has 2 N–H and O–H groups in total. The molecule has 136 valence electrons. The van der Waals surface area contributed by atoms with Crippen molar-refractivity contribution in [1.82, 2.24) is 10.0 Å². The summed E-state index contributed by atoms with van der Waals surface area (Å²) in [5.74, 6) is 1.58. The number of amides is 1. The third-order valence-corrected chi connectivity index (χ3v) is 6.90. The molecule has 2 rings (SSSR count). The van der Waals surface area contributed by atoms with Crippen molar-refractivity contribution < 1.29 is 13.2 Å². The Balaban J connectivity index is 1.61. The molecule has 9 heteroatoms. The molecule has 0 aliphatic rings. The summed E-state index contributed by atoms with van der Waals surface area (Å²) < 4.78 is 26.6. The SMILES string of the molecule is O=C(CCNS(=O)(=O)c1cccc(Cl)c1)NCCSCc1cccs1. The lowest BCUT2D eigenvalue weighted by atomic mass is 10.4. The van der Waals surface area contributed by atoms with E-state index in [9.17, 15) is 13.2 Å². The fourth-order valence-electron chi connectivity index (χ4n) is 1.93. The van der Waals surface area contributed by atoms with Crippen LogP contribution >= 0.6 is 34.7 Å². The predicted octanol–water partition coefficient (Wildman–Crippen LogP) is 3.12. The minimum atomic E-state index is -3.65. The molecule has 25 heavy (non-hydrogen) atoms. The summed E-state index contributed by atoms with van der Waals surface area (Å²) in [7, 11) is -3.65. The number of halogens is 1. The molecule has 0 unspecified atom stereocenters. The number of carbonyl (C=O) groups excluding carboxylic acids is 1. The highest BCUT2D eigenvalue weighted by Gasteiger charge is 2.14. The van der Waals surface area contributed by atoms with Crippen LogP contribution in [0.1, 0.15) is 11.3 Å². The van der Waals surface area contributed by atoms with Crippen LogP contribution in [0.2, 0.25) is 5.02 Å². The van der Waals surface area contributed by atoms with Crippen LogP contribution in [0.25, 0.3) is 0 Å². The Morgan fingerprint density at radius 1 is 1.20 bits per heavy atom. The van der Waals surface area contributed by atoms with E-state index in [1.807, 2.05) is 11.4 Å². The molecular weight excluding hydrogens is 400 g/mol. The van der Waals surface area contributed by atoms with Crippen LogP contribution in [-0.2, 0) is 20.6 Å². The molecule has 0 fully saturated rings. The van der Waals surface area contributed by atoms with Crippen molar-refractivity contribution in [3.63, 3.8) is 0 Å². The standard InChI is InChI=1S/C16H19ClN2O3S3/c17-13-3-1-5-15(11-13)25(21,22)19-7-6-16(20)18-8-10-23-12-14-4-2-9-24-14/h1-5,9,11,19H,6-8,10,12H2,(H,18,20). The summed E-state index contributed by atoms with van der Waals surface area (Å²) in [4.78, 5) is 13.1. The van der Waals surface area contributed by atoms with Crippen LogP contribution in [0, 0.1) is 0 Å². The van der Waals surface area contributed by atoms with Crippen LogP contribution in [0.3, 0.4) is 0 Å². The monoisotopic (exact) mass is 418 g/mol. The average molecular weight is 419 g/mol. The van der Waals surface area contributed by atoms with Gasteiger partial charge in [-0.1, -0.05) is 23.7 Å². The second kappa shape index (κ2) is 10.2. The van der Waals surface area contributed by atoms with Crippen molar-refractivity contribution >= 4 is 50.6 Å². The summed E-state index contributed by atoms with van der Waals surface area (Å²) in [6.07, 6.45) is 0.0926. The van der Waals surface area contributed by atoms with E-state index >= 15 is 0 Å². The lowest BCUT2D eigenvalue weighted by molar-refractivity contribution is -0.120. The Hall–Kier alpha value is -1.06. The van der Waals surface area contributed by atoms with E-state index < -0.39 is 10.0 Å². The highest BCUT2D eigenvalue weighted by Crippen LogP contribution is 2.16. The van der Waals surface area contributed by atoms with Crippen LogP contribution in [0.15, 0.2) is 46.7 Å². The van der Waals surface area contributed by atoms with Crippen LogP contribution < -0.4 is 10.0 Å². The topological polar surface area (TPSA) is 75.3 Å². The minimum absolute atomic E-state index is 0.0447. The van der Waals surface area contributed by atoms with E-state index in [0.29, 0.717) is 11.6 Å². The summed E-state index contributed by atoms with van der Waals surface area (Å²) in [6, 6.07) is 10.1. The zero-order chi connectivity index (χ0) is 18.1. The molecule has 2 aromatic rings. The van der Waals surface area contributed by atoms with Gasteiger partial charge < -0.3 is 5.32 Å². The first-order chi connectivity index (χ1) is 12.0. The molecule has 0 atom stereocenters. The highest BCUT2D eigenvalue weighted by molar-refractivity contribution is 7.98. The van der Waals surface area contributed by atoms with Gasteiger partial charge in [0.15, 0.2) is 0 Å². The molecule has 0 spiro atoms. The van der Waals surface area contributed by atoms with E-state index in [-0.39, 0.29) is 23.8 Å². The van der Waals surface area contributed by atoms with Crippen molar-refractivity contribution in [3.8, 4) is 0 Å². The van der Waals surface area contributed by atoms with Gasteiger partial charge in [-0.05, 0) is 29.6 Å². The smallest absolute Gasteiger partial charge is 0.240 e. The Morgan fingerprint density at radius 2 is 2.04 bits per heavy atom. The fraction of sp³-hybridized carbons (Fsp3) is 0.312. The van der Waals surface area contributed by atoms with Gasteiger partial charge in [0, 0.05) is 40.9 Å². The minimum Gasteiger partial charge on any atom is -0.355 e. The normalized spacial score (nSPS) is 11.4. The number of nitrogens with one attached hydrogen (secondary N) is 2. The van der Waals surface area contributed by atoms with Gasteiger partial charge in [0.05, 0.1) is 4.90 Å². The van der Waals surface area contributed by atoms with Gasteiger partial charge in [-0.3, -0.25) is 4.79 Å². The Morgan fingerprint density at radius 3 is 2.76 bits per heavy atom. The van der Waals surface area contributed by atoms with E-state index in [1.54, 1.807) is 35.2 Å². The number of thioether (sulfide) groups is 1. The summed E-state index contributed by atoms with van der Waals surface area (Å²) in [6.45, 7) is 0.610. The van der Waals surface area contributed by atoms with Gasteiger partial charge >= 0.3 is 0 Å². The van der Waals surface area contributed by atoms with E-state index in [1.165, 1.54) is 17.0 Å². The molecule has 0 radical (unpaired) electrons. The number of thiophene rings is 1. The van der Waals surface area contributed by atoms with E-state index in [0.717, 1.165) is 11.5 Å². The van der Waals surface area contributed by atoms with Gasteiger partial charge in [0.25, 0.3) is 0 Å². The van der Waals surface area contributed by atoms with Crippen molar-refractivity contribution in [1.29, 1.82) is 0 Å². The maximum Gasteiger partial charge on any atom is 0.240 e. The lowest BCUT2D eigenvalue weighted by Crippen LogP contribution is -2.31. The molecule has 5 nitrogen and oxygen atoms in total. The van der Waals surface area contributed by atoms with Crippen LogP contribution in [0.4, 0.5) is 0 Å². The second-order valence-electron chi connectivity index (χ2n) is 5.09. The molecule has 1 heterocycles. The molecule has 0 aliphatic heterocycles. The first-order valence-corrected chi connectivity index (χ1v) is 11.5. The molecule has 1 amide bonds. The van der Waals surface area contributed by atoms with Gasteiger partial charge in [0.1, 0.15) is 0 Å². The molecule has 1 aromatic heterocycles. The van der Waals surface area contributed by atoms with E-state index in [4.69, 9.17) is 11.6 Å². The molecule has 0 aliphatic carbocycles. The third-order valence-electron chi connectivity index (χ3n) is 3.14. The number of hydrogen-bond acceptors (Lipinski definition) is 5. The summed E-state index contributed by atoms with van der Waals surface area (Å²) in [5.41, 5.74) is 0. The van der Waals surface area contributed by atoms with Crippen molar-refractivity contribution in [3.05, 3.63) is 51.7 Å². The zero-order valence-electron chi connectivity index (χ0n) is 13.4. The maximum atomic E-state index is 12.1.